The SMILES string of the molecule is Cc1nc(S(=O)(=O)CCS(N)(=O)=O)ccc1[N+](=O)[O-]. The summed E-state index contributed by atoms with van der Waals surface area (Å²) in [5.41, 5.74) is -0.382. The Morgan fingerprint density at radius 2 is 1.84 bits per heavy atom. The number of aryl methyl sites for hydroxylation is 1. The summed E-state index contributed by atoms with van der Waals surface area (Å²) in [6.45, 7) is 1.29. The molecule has 0 fully saturated rings. The van der Waals surface area contributed by atoms with E-state index in [1.54, 1.807) is 0 Å². The summed E-state index contributed by atoms with van der Waals surface area (Å²) in [6, 6.07) is 1.97. The molecule has 1 aromatic rings. The van der Waals surface area contributed by atoms with Gasteiger partial charge >= 0.3 is 0 Å². The highest BCUT2D eigenvalue weighted by Gasteiger charge is 2.22. The first kappa shape index (κ1) is 15.5. The number of hydrogen-bond donors (Lipinski definition) is 1. The molecule has 0 unspecified atom stereocenters. The van der Waals surface area contributed by atoms with Crippen LogP contribution in [0.3, 0.4) is 0 Å². The van der Waals surface area contributed by atoms with Gasteiger partial charge in [-0.2, -0.15) is 0 Å². The summed E-state index contributed by atoms with van der Waals surface area (Å²) < 4.78 is 45.0. The van der Waals surface area contributed by atoms with Gasteiger partial charge in [0.05, 0.1) is 16.4 Å². The van der Waals surface area contributed by atoms with E-state index in [-0.39, 0.29) is 11.4 Å². The number of nitrogens with two attached hydrogens (primary N) is 1. The maximum atomic E-state index is 11.8. The van der Waals surface area contributed by atoms with Crippen LogP contribution in [0.5, 0.6) is 0 Å². The molecular formula is C8H11N3O6S2. The van der Waals surface area contributed by atoms with Crippen LogP contribution in [-0.4, -0.2) is 38.2 Å². The van der Waals surface area contributed by atoms with E-state index in [1.807, 2.05) is 0 Å². The predicted molar refractivity (Wildman–Crippen MR) is 65.7 cm³/mol. The zero-order valence-corrected chi connectivity index (χ0v) is 11.4. The number of sulfone groups is 1. The van der Waals surface area contributed by atoms with Crippen molar-refractivity contribution in [1.82, 2.24) is 4.98 Å². The molecule has 0 saturated carbocycles. The molecule has 1 rings (SSSR count). The predicted octanol–water partition coefficient (Wildman–Crippen LogP) is -0.640. The molecule has 0 bridgehead atoms. The maximum absolute atomic E-state index is 11.8. The minimum absolute atomic E-state index is 0.0679. The molecule has 1 aromatic heterocycles. The molecule has 0 aliphatic rings. The van der Waals surface area contributed by atoms with Crippen LogP contribution in [0.2, 0.25) is 0 Å². The highest BCUT2D eigenvalue weighted by molar-refractivity contribution is 7.94. The Labute approximate surface area is 109 Å². The minimum atomic E-state index is -3.95. The topological polar surface area (TPSA) is 150 Å². The first-order valence-electron chi connectivity index (χ1n) is 4.88. The van der Waals surface area contributed by atoms with Crippen molar-refractivity contribution in [3.63, 3.8) is 0 Å². The number of hydrogen-bond acceptors (Lipinski definition) is 7. The highest BCUT2D eigenvalue weighted by Crippen LogP contribution is 2.18. The lowest BCUT2D eigenvalue weighted by molar-refractivity contribution is -0.385. The van der Waals surface area contributed by atoms with Gasteiger partial charge in [-0.15, -0.1) is 0 Å². The molecule has 0 aromatic carbocycles. The molecule has 0 radical (unpaired) electrons. The zero-order valence-electron chi connectivity index (χ0n) is 9.81. The van der Waals surface area contributed by atoms with Crippen LogP contribution in [0.1, 0.15) is 5.69 Å². The highest BCUT2D eigenvalue weighted by atomic mass is 32.2. The van der Waals surface area contributed by atoms with Gasteiger partial charge < -0.3 is 0 Å². The summed E-state index contributed by atoms with van der Waals surface area (Å²) >= 11 is 0. The Morgan fingerprint density at radius 1 is 1.26 bits per heavy atom. The second-order valence-corrected chi connectivity index (χ2v) is 7.49. The summed E-state index contributed by atoms with van der Waals surface area (Å²) in [4.78, 5) is 13.5. The van der Waals surface area contributed by atoms with Crippen molar-refractivity contribution in [1.29, 1.82) is 0 Å². The molecule has 0 aliphatic heterocycles. The molecule has 0 atom stereocenters. The van der Waals surface area contributed by atoms with E-state index in [2.05, 4.69) is 4.98 Å². The summed E-state index contributed by atoms with van der Waals surface area (Å²) in [5, 5.41) is 14.9. The van der Waals surface area contributed by atoms with E-state index in [1.165, 1.54) is 6.92 Å². The number of rotatable bonds is 5. The van der Waals surface area contributed by atoms with E-state index in [4.69, 9.17) is 5.14 Å². The molecule has 2 N–H and O–H groups in total. The monoisotopic (exact) mass is 309 g/mol. The first-order chi connectivity index (χ1) is 8.53. The van der Waals surface area contributed by atoms with Crippen LogP contribution in [0, 0.1) is 17.0 Å². The lowest BCUT2D eigenvalue weighted by Gasteiger charge is -2.04. The fraction of sp³-hybridized carbons (Fsp3) is 0.375. The van der Waals surface area contributed by atoms with Crippen LogP contribution in [-0.2, 0) is 19.9 Å². The van der Waals surface area contributed by atoms with E-state index in [0.717, 1.165) is 12.1 Å². The minimum Gasteiger partial charge on any atom is -0.258 e. The van der Waals surface area contributed by atoms with Gasteiger partial charge in [-0.05, 0) is 13.0 Å². The van der Waals surface area contributed by atoms with Crippen LogP contribution >= 0.6 is 0 Å². The Balaban J connectivity index is 3.10. The Hall–Kier alpha value is -1.59. The summed E-state index contributed by atoms with van der Waals surface area (Å²) in [7, 11) is -7.86. The average molecular weight is 309 g/mol. The van der Waals surface area contributed by atoms with Gasteiger partial charge in [-0.1, -0.05) is 0 Å². The van der Waals surface area contributed by atoms with E-state index in [0.29, 0.717) is 0 Å². The average Bonchev–Trinajstić information content (AvgIpc) is 2.25. The molecule has 0 aliphatic carbocycles. The summed E-state index contributed by atoms with van der Waals surface area (Å²) in [5.74, 6) is -1.47. The van der Waals surface area contributed by atoms with Gasteiger partial charge in [0.25, 0.3) is 5.69 Å². The molecule has 106 valence electrons. The number of sulfonamides is 1. The van der Waals surface area contributed by atoms with Crippen LogP contribution in [0.25, 0.3) is 0 Å². The van der Waals surface area contributed by atoms with Crippen molar-refractivity contribution >= 4 is 25.5 Å². The summed E-state index contributed by atoms with van der Waals surface area (Å²) in [6.07, 6.45) is 0. The standard InChI is InChI=1S/C8H11N3O6S2/c1-6-7(11(12)13)2-3-8(10-6)18(14,15)4-5-19(9,16)17/h2-3H,4-5H2,1H3,(H2,9,16,17). The van der Waals surface area contributed by atoms with Crippen LogP contribution in [0.15, 0.2) is 17.2 Å². The number of primary sulfonamides is 1. The fourth-order valence-corrected chi connectivity index (χ4v) is 3.79. The molecule has 0 amide bonds. The first-order valence-corrected chi connectivity index (χ1v) is 8.25. The Bertz CT molecular complexity index is 710. The molecular weight excluding hydrogens is 298 g/mol. The van der Waals surface area contributed by atoms with Crippen LogP contribution in [0.4, 0.5) is 5.69 Å². The Morgan fingerprint density at radius 3 is 2.26 bits per heavy atom. The number of nitro groups is 1. The van der Waals surface area contributed by atoms with Gasteiger partial charge in [0.2, 0.25) is 10.0 Å². The quantitative estimate of drug-likeness (QED) is 0.561. The van der Waals surface area contributed by atoms with Crippen molar-refractivity contribution in [2.24, 2.45) is 5.14 Å². The molecule has 1 heterocycles. The van der Waals surface area contributed by atoms with Crippen molar-refractivity contribution in [2.75, 3.05) is 11.5 Å². The third-order valence-electron chi connectivity index (χ3n) is 2.18. The second-order valence-electron chi connectivity index (χ2n) is 3.70. The molecule has 0 saturated heterocycles. The number of aromatic nitrogens is 1. The number of pyridine rings is 1. The zero-order chi connectivity index (χ0) is 14.8. The van der Waals surface area contributed by atoms with Gasteiger partial charge in [0, 0.05) is 6.07 Å². The van der Waals surface area contributed by atoms with Crippen molar-refractivity contribution < 1.29 is 21.8 Å². The molecule has 0 spiro atoms. The number of nitrogens with zero attached hydrogens (tertiary/aromatic N) is 2. The van der Waals surface area contributed by atoms with Crippen LogP contribution < -0.4 is 5.14 Å². The van der Waals surface area contributed by atoms with Crippen molar-refractivity contribution in [3.05, 3.63) is 27.9 Å². The van der Waals surface area contributed by atoms with E-state index < -0.39 is 41.3 Å². The van der Waals surface area contributed by atoms with Gasteiger partial charge in [-0.3, -0.25) is 10.1 Å². The van der Waals surface area contributed by atoms with E-state index in [9.17, 15) is 26.9 Å². The van der Waals surface area contributed by atoms with E-state index >= 15 is 0 Å². The molecule has 9 nitrogen and oxygen atoms in total. The van der Waals surface area contributed by atoms with Gasteiger partial charge in [0.15, 0.2) is 14.9 Å². The maximum Gasteiger partial charge on any atom is 0.290 e. The molecule has 11 heteroatoms. The van der Waals surface area contributed by atoms with Crippen molar-refractivity contribution in [3.8, 4) is 0 Å². The lowest BCUT2D eigenvalue weighted by atomic mass is 10.3. The van der Waals surface area contributed by atoms with Gasteiger partial charge in [-0.25, -0.2) is 27.0 Å². The smallest absolute Gasteiger partial charge is 0.258 e. The second kappa shape index (κ2) is 5.19. The van der Waals surface area contributed by atoms with Gasteiger partial charge in [0.1, 0.15) is 5.69 Å². The van der Waals surface area contributed by atoms with Crippen molar-refractivity contribution in [2.45, 2.75) is 11.9 Å². The fourth-order valence-electron chi connectivity index (χ4n) is 1.23. The third kappa shape index (κ3) is 4.22. The lowest BCUT2D eigenvalue weighted by Crippen LogP contribution is -2.23. The largest absolute Gasteiger partial charge is 0.290 e. The third-order valence-corrected chi connectivity index (χ3v) is 4.82. The molecule has 19 heavy (non-hydrogen) atoms. The Kier molecular flexibility index (Phi) is 4.22. The normalized spacial score (nSPS) is 12.3.